The fraction of sp³-hybridized carbons (Fsp3) is 0.750. The van der Waals surface area contributed by atoms with E-state index < -0.39 is 0 Å². The van der Waals surface area contributed by atoms with Crippen LogP contribution in [0.25, 0.3) is 0 Å². The molecule has 3 heteroatoms. The fourth-order valence-electron chi connectivity index (χ4n) is 1.89. The monoisotopic (exact) mass is 152 g/mol. The van der Waals surface area contributed by atoms with E-state index in [1.54, 1.807) is 0 Å². The molecule has 0 spiro atoms. The Labute approximate surface area is 65.9 Å². The third kappa shape index (κ3) is 0.800. The minimum atomic E-state index is -0.161. The van der Waals surface area contributed by atoms with Gasteiger partial charge in [-0.1, -0.05) is 13.8 Å². The van der Waals surface area contributed by atoms with E-state index in [1.165, 1.54) is 0 Å². The van der Waals surface area contributed by atoms with Crippen LogP contribution in [0.2, 0.25) is 0 Å². The minimum absolute atomic E-state index is 0.161. The molecule has 0 aromatic carbocycles. The summed E-state index contributed by atoms with van der Waals surface area (Å²) in [6.45, 7) is 4.84. The predicted octanol–water partition coefficient (Wildman–Crippen LogP) is 0.561. The quantitative estimate of drug-likeness (QED) is 0.551. The predicted molar refractivity (Wildman–Crippen MR) is 42.3 cm³/mol. The number of hydrazone groups is 1. The van der Waals surface area contributed by atoms with E-state index in [2.05, 4.69) is 10.5 Å². The zero-order chi connectivity index (χ0) is 8.06. The number of carbonyl (C=O) groups excluding carboxylic acids is 1. The Bertz CT molecular complexity index is 242. The van der Waals surface area contributed by atoms with Gasteiger partial charge in [-0.25, -0.2) is 0 Å². The molecule has 0 bridgehead atoms. The molecule has 60 valence electrons. The number of carbonyl (C=O) groups is 1. The Hall–Kier alpha value is -0.860. The van der Waals surface area contributed by atoms with Crippen molar-refractivity contribution in [3.8, 4) is 0 Å². The molecule has 1 heterocycles. The highest BCUT2D eigenvalue weighted by Gasteiger charge is 2.46. The summed E-state index contributed by atoms with van der Waals surface area (Å²) in [4.78, 5) is 11.5. The van der Waals surface area contributed by atoms with Crippen LogP contribution in [0.15, 0.2) is 5.10 Å². The summed E-state index contributed by atoms with van der Waals surface area (Å²) < 4.78 is 0. The Morgan fingerprint density at radius 2 is 2.36 bits per heavy atom. The Morgan fingerprint density at radius 1 is 1.64 bits per heavy atom. The molecule has 0 amide bonds. The summed E-state index contributed by atoms with van der Waals surface area (Å²) in [6.07, 6.45) is 0.956. The molecule has 11 heavy (non-hydrogen) atoms. The molecule has 1 aliphatic carbocycles. The average Bonchev–Trinajstić information content (AvgIpc) is 2.39. The van der Waals surface area contributed by atoms with Gasteiger partial charge < -0.3 is 5.43 Å². The number of fused-ring (bicyclic) bond motifs is 1. The SMILES string of the molecule is CC1(C)CC2CNN=C2C1=O. The molecule has 1 aliphatic heterocycles. The fourth-order valence-corrected chi connectivity index (χ4v) is 1.89. The van der Waals surface area contributed by atoms with Gasteiger partial charge in [-0.2, -0.15) is 5.10 Å². The molecule has 1 fully saturated rings. The third-order valence-corrected chi connectivity index (χ3v) is 2.53. The minimum Gasteiger partial charge on any atom is -0.309 e. The van der Waals surface area contributed by atoms with E-state index in [0.717, 1.165) is 18.7 Å². The second kappa shape index (κ2) is 1.84. The molecular weight excluding hydrogens is 140 g/mol. The Kier molecular flexibility index (Phi) is 1.14. The van der Waals surface area contributed by atoms with Crippen molar-refractivity contribution in [2.24, 2.45) is 16.4 Å². The number of nitrogens with zero attached hydrogens (tertiary/aromatic N) is 1. The molecule has 1 saturated carbocycles. The molecule has 0 saturated heterocycles. The van der Waals surface area contributed by atoms with Crippen LogP contribution in [0, 0.1) is 11.3 Å². The van der Waals surface area contributed by atoms with E-state index in [0.29, 0.717) is 5.92 Å². The van der Waals surface area contributed by atoms with E-state index in [4.69, 9.17) is 0 Å². The summed E-state index contributed by atoms with van der Waals surface area (Å²) >= 11 is 0. The third-order valence-electron chi connectivity index (χ3n) is 2.53. The van der Waals surface area contributed by atoms with Gasteiger partial charge >= 0.3 is 0 Å². The second-order valence-corrected chi connectivity index (χ2v) is 3.97. The lowest BCUT2D eigenvalue weighted by molar-refractivity contribution is -0.119. The number of hydrogen-bond donors (Lipinski definition) is 1. The first-order chi connectivity index (χ1) is 5.11. The molecule has 2 aliphatic rings. The molecule has 2 rings (SSSR count). The van der Waals surface area contributed by atoms with Crippen LogP contribution in [-0.4, -0.2) is 18.0 Å². The van der Waals surface area contributed by atoms with Crippen molar-refractivity contribution in [2.45, 2.75) is 20.3 Å². The number of Topliss-reactive ketones (excluding diaryl/α,β-unsaturated/α-hetero) is 1. The lowest BCUT2D eigenvalue weighted by Gasteiger charge is -2.13. The lowest BCUT2D eigenvalue weighted by Crippen LogP contribution is -2.21. The number of nitrogens with one attached hydrogen (secondary N) is 1. The first-order valence-electron chi connectivity index (χ1n) is 3.96. The van der Waals surface area contributed by atoms with Gasteiger partial charge in [-0.15, -0.1) is 0 Å². The summed E-state index contributed by atoms with van der Waals surface area (Å²) in [6, 6.07) is 0. The molecule has 1 unspecified atom stereocenters. The van der Waals surface area contributed by atoms with Gasteiger partial charge in [0.05, 0.1) is 0 Å². The van der Waals surface area contributed by atoms with Crippen molar-refractivity contribution in [2.75, 3.05) is 6.54 Å². The Morgan fingerprint density at radius 3 is 3.00 bits per heavy atom. The smallest absolute Gasteiger partial charge is 0.184 e. The van der Waals surface area contributed by atoms with Crippen molar-refractivity contribution in [1.82, 2.24) is 5.43 Å². The van der Waals surface area contributed by atoms with Crippen LogP contribution in [0.3, 0.4) is 0 Å². The van der Waals surface area contributed by atoms with Gasteiger partial charge in [-0.3, -0.25) is 4.79 Å². The zero-order valence-electron chi connectivity index (χ0n) is 6.85. The topological polar surface area (TPSA) is 41.5 Å². The summed E-state index contributed by atoms with van der Waals surface area (Å²) in [5, 5.41) is 3.99. The van der Waals surface area contributed by atoms with Crippen molar-refractivity contribution < 1.29 is 4.79 Å². The zero-order valence-corrected chi connectivity index (χ0v) is 6.85. The van der Waals surface area contributed by atoms with Crippen LogP contribution >= 0.6 is 0 Å². The molecular formula is C8H12N2O. The number of ketones is 1. The molecule has 0 aromatic rings. The first-order valence-corrected chi connectivity index (χ1v) is 3.96. The summed E-state index contributed by atoms with van der Waals surface area (Å²) in [5.41, 5.74) is 3.47. The van der Waals surface area contributed by atoms with Crippen LogP contribution in [-0.2, 0) is 4.79 Å². The van der Waals surface area contributed by atoms with E-state index in [9.17, 15) is 4.79 Å². The highest BCUT2D eigenvalue weighted by Crippen LogP contribution is 2.37. The van der Waals surface area contributed by atoms with E-state index in [-0.39, 0.29) is 11.2 Å². The Balaban J connectivity index is 2.36. The summed E-state index contributed by atoms with van der Waals surface area (Å²) in [7, 11) is 0. The van der Waals surface area contributed by atoms with Crippen molar-refractivity contribution >= 4 is 11.5 Å². The molecule has 0 aromatic heterocycles. The van der Waals surface area contributed by atoms with Crippen molar-refractivity contribution in [3.63, 3.8) is 0 Å². The maximum atomic E-state index is 11.5. The maximum Gasteiger partial charge on any atom is 0.184 e. The normalized spacial score (nSPS) is 33.1. The average molecular weight is 152 g/mol. The van der Waals surface area contributed by atoms with Gasteiger partial charge in [0.15, 0.2) is 5.78 Å². The highest BCUT2D eigenvalue weighted by atomic mass is 16.1. The van der Waals surface area contributed by atoms with Crippen LogP contribution < -0.4 is 5.43 Å². The van der Waals surface area contributed by atoms with E-state index >= 15 is 0 Å². The van der Waals surface area contributed by atoms with Crippen molar-refractivity contribution in [1.29, 1.82) is 0 Å². The van der Waals surface area contributed by atoms with Gasteiger partial charge in [0.2, 0.25) is 0 Å². The maximum absolute atomic E-state index is 11.5. The van der Waals surface area contributed by atoms with Crippen LogP contribution in [0.4, 0.5) is 0 Å². The second-order valence-electron chi connectivity index (χ2n) is 3.97. The van der Waals surface area contributed by atoms with Gasteiger partial charge in [0, 0.05) is 17.9 Å². The highest BCUT2D eigenvalue weighted by molar-refractivity contribution is 6.44. The standard InChI is InChI=1S/C8H12N2O/c1-8(2)3-5-4-9-10-6(5)7(8)11/h5,9H,3-4H2,1-2H3. The van der Waals surface area contributed by atoms with Gasteiger partial charge in [-0.05, 0) is 6.42 Å². The van der Waals surface area contributed by atoms with Gasteiger partial charge in [0.25, 0.3) is 0 Å². The molecule has 3 nitrogen and oxygen atoms in total. The molecule has 1 atom stereocenters. The summed E-state index contributed by atoms with van der Waals surface area (Å²) in [5.74, 6) is 0.616. The lowest BCUT2D eigenvalue weighted by atomic mass is 9.89. The largest absolute Gasteiger partial charge is 0.309 e. The van der Waals surface area contributed by atoms with Crippen LogP contribution in [0.1, 0.15) is 20.3 Å². The molecule has 1 N–H and O–H groups in total. The van der Waals surface area contributed by atoms with E-state index in [1.807, 2.05) is 13.8 Å². The molecule has 0 radical (unpaired) electrons. The van der Waals surface area contributed by atoms with Crippen molar-refractivity contribution in [3.05, 3.63) is 0 Å². The first kappa shape index (κ1) is 6.83. The van der Waals surface area contributed by atoms with Gasteiger partial charge in [0.1, 0.15) is 5.71 Å². The van der Waals surface area contributed by atoms with Crippen LogP contribution in [0.5, 0.6) is 0 Å². The number of rotatable bonds is 0. The number of hydrogen-bond acceptors (Lipinski definition) is 3.